The number of fused-ring (bicyclic) bond motifs is 1. The smallest absolute Gasteiger partial charge is 0.413 e. The minimum absolute atomic E-state index is 0.110. The molecule has 158 valence electrons. The molecule has 0 spiro atoms. The highest BCUT2D eigenvalue weighted by Gasteiger charge is 2.29. The lowest BCUT2D eigenvalue weighted by Crippen LogP contribution is -2.42. The van der Waals surface area contributed by atoms with Gasteiger partial charge in [-0.1, -0.05) is 0 Å². The van der Waals surface area contributed by atoms with Crippen LogP contribution in [-0.4, -0.2) is 62.1 Å². The summed E-state index contributed by atoms with van der Waals surface area (Å²) in [6.07, 6.45) is -0.659. The maximum absolute atomic E-state index is 12.7. The minimum Gasteiger partial charge on any atom is -0.454 e. The predicted molar refractivity (Wildman–Crippen MR) is 99.7 cm³/mol. The number of hydrogen-bond acceptors (Lipinski definition) is 8. The van der Waals surface area contributed by atoms with Crippen LogP contribution in [0.5, 0.6) is 11.5 Å². The van der Waals surface area contributed by atoms with Crippen LogP contribution in [0.2, 0.25) is 0 Å². The number of carbonyl (C=O) groups excluding carboxylic acids is 3. The van der Waals surface area contributed by atoms with Gasteiger partial charge in [0.15, 0.2) is 17.3 Å². The second-order valence-electron chi connectivity index (χ2n) is 6.99. The number of ketones is 1. The number of ether oxygens (including phenoxy) is 5. The molecule has 29 heavy (non-hydrogen) atoms. The highest BCUT2D eigenvalue weighted by Crippen LogP contribution is 2.33. The number of esters is 1. The summed E-state index contributed by atoms with van der Waals surface area (Å²) in [5, 5.41) is 0. The number of hydrogen-bond donors (Lipinski definition) is 0. The molecule has 2 aliphatic rings. The molecule has 9 nitrogen and oxygen atoms in total. The Hall–Kier alpha value is -2.81. The van der Waals surface area contributed by atoms with Crippen molar-refractivity contribution in [2.45, 2.75) is 39.0 Å². The van der Waals surface area contributed by atoms with Crippen LogP contribution in [0.15, 0.2) is 18.2 Å². The molecular weight excluding hydrogens is 382 g/mol. The van der Waals surface area contributed by atoms with Crippen LogP contribution in [-0.2, 0) is 19.0 Å². The zero-order chi connectivity index (χ0) is 21.0. The van der Waals surface area contributed by atoms with E-state index >= 15 is 0 Å². The lowest BCUT2D eigenvalue weighted by atomic mass is 10.0. The van der Waals surface area contributed by atoms with Crippen LogP contribution in [0.25, 0.3) is 0 Å². The molecule has 0 bridgehead atoms. The van der Waals surface area contributed by atoms with Gasteiger partial charge < -0.3 is 28.6 Å². The molecular formula is C20H25NO8. The summed E-state index contributed by atoms with van der Waals surface area (Å²) in [6.45, 7) is 4.19. The Kier molecular flexibility index (Phi) is 6.58. The average Bonchev–Trinajstić information content (AvgIpc) is 3.20. The zero-order valence-electron chi connectivity index (χ0n) is 16.7. The maximum Gasteiger partial charge on any atom is 0.413 e. The van der Waals surface area contributed by atoms with Crippen molar-refractivity contribution in [1.82, 2.24) is 4.90 Å². The third kappa shape index (κ3) is 4.97. The van der Waals surface area contributed by atoms with Crippen molar-refractivity contribution in [2.75, 3.05) is 27.1 Å². The normalized spacial score (nSPS) is 17.9. The second-order valence-corrected chi connectivity index (χ2v) is 6.99. The number of carbonyl (C=O) groups is 3. The predicted octanol–water partition coefficient (Wildman–Crippen LogP) is 2.37. The van der Waals surface area contributed by atoms with E-state index < -0.39 is 24.4 Å². The van der Waals surface area contributed by atoms with Gasteiger partial charge in [0, 0.05) is 32.7 Å². The largest absolute Gasteiger partial charge is 0.454 e. The molecule has 0 N–H and O–H groups in total. The maximum atomic E-state index is 12.7. The first-order valence-electron chi connectivity index (χ1n) is 9.52. The number of amides is 1. The van der Waals surface area contributed by atoms with E-state index in [1.807, 2.05) is 0 Å². The number of rotatable bonds is 6. The van der Waals surface area contributed by atoms with Gasteiger partial charge in [0.25, 0.3) is 0 Å². The fourth-order valence-corrected chi connectivity index (χ4v) is 3.07. The van der Waals surface area contributed by atoms with Gasteiger partial charge in [0.05, 0.1) is 12.0 Å². The summed E-state index contributed by atoms with van der Waals surface area (Å²) in [7, 11) is 1.45. The summed E-state index contributed by atoms with van der Waals surface area (Å²) in [4.78, 5) is 38.4. The van der Waals surface area contributed by atoms with Gasteiger partial charge in [0.2, 0.25) is 13.1 Å². The van der Waals surface area contributed by atoms with E-state index in [0.29, 0.717) is 43.1 Å². The van der Waals surface area contributed by atoms with Crippen LogP contribution in [0.4, 0.5) is 4.79 Å². The molecule has 2 unspecified atom stereocenters. The fraction of sp³-hybridized carbons (Fsp3) is 0.550. The minimum atomic E-state index is -1.06. The Labute approximate surface area is 168 Å². The highest BCUT2D eigenvalue weighted by molar-refractivity contribution is 6.01. The molecule has 9 heteroatoms. The van der Waals surface area contributed by atoms with Gasteiger partial charge in [-0.05, 0) is 38.0 Å². The van der Waals surface area contributed by atoms with Gasteiger partial charge in [-0.3, -0.25) is 9.59 Å². The third-order valence-corrected chi connectivity index (χ3v) is 5.01. The molecule has 1 saturated heterocycles. The lowest BCUT2D eigenvalue weighted by molar-refractivity contribution is -0.173. The van der Waals surface area contributed by atoms with Crippen LogP contribution in [0, 0.1) is 5.92 Å². The van der Waals surface area contributed by atoms with Gasteiger partial charge in [-0.25, -0.2) is 4.79 Å². The molecule has 0 aromatic heterocycles. The van der Waals surface area contributed by atoms with Crippen molar-refractivity contribution in [1.29, 1.82) is 0 Å². The van der Waals surface area contributed by atoms with E-state index in [1.54, 1.807) is 25.1 Å². The van der Waals surface area contributed by atoms with Gasteiger partial charge >= 0.3 is 12.1 Å². The second kappa shape index (κ2) is 9.13. The van der Waals surface area contributed by atoms with E-state index in [0.717, 1.165) is 4.90 Å². The first kappa shape index (κ1) is 20.9. The van der Waals surface area contributed by atoms with Crippen molar-refractivity contribution in [3.05, 3.63) is 23.8 Å². The number of likely N-dealkylation sites (N-methyl/N-ethyl adjacent to an activating group) is 1. The topological polar surface area (TPSA) is 101 Å². The zero-order valence-corrected chi connectivity index (χ0v) is 16.7. The Morgan fingerprint density at radius 3 is 2.48 bits per heavy atom. The van der Waals surface area contributed by atoms with Crippen LogP contribution < -0.4 is 9.47 Å². The highest BCUT2D eigenvalue weighted by atomic mass is 16.7. The molecule has 2 heterocycles. The molecule has 1 aromatic carbocycles. The molecule has 1 fully saturated rings. The average molecular weight is 407 g/mol. The van der Waals surface area contributed by atoms with E-state index in [-0.39, 0.29) is 18.5 Å². The molecule has 2 atom stereocenters. The number of nitrogens with zero attached hydrogens (tertiary/aromatic N) is 1. The summed E-state index contributed by atoms with van der Waals surface area (Å²) in [5.41, 5.74) is 0.389. The monoisotopic (exact) mass is 407 g/mol. The van der Waals surface area contributed by atoms with E-state index in [4.69, 9.17) is 23.7 Å². The molecule has 2 aliphatic heterocycles. The van der Waals surface area contributed by atoms with E-state index in [9.17, 15) is 14.4 Å². The molecule has 3 rings (SSSR count). The van der Waals surface area contributed by atoms with Crippen LogP contribution in [0.1, 0.15) is 37.0 Å². The summed E-state index contributed by atoms with van der Waals surface area (Å²) in [5.74, 6) is 0.105. The first-order chi connectivity index (χ1) is 13.9. The van der Waals surface area contributed by atoms with Crippen LogP contribution in [0.3, 0.4) is 0 Å². The van der Waals surface area contributed by atoms with Gasteiger partial charge in [-0.15, -0.1) is 0 Å². The Bertz CT molecular complexity index is 774. The standard InChI is InChI=1S/C20H25NO8/c1-12(18(22)15-4-5-16-17(10-15)27-11-26-16)21(3)20(24)29-13(2)28-19(23)14-6-8-25-9-7-14/h4-5,10,12-14H,6-9,11H2,1-3H3. The van der Waals surface area contributed by atoms with Gasteiger partial charge in [-0.2, -0.15) is 0 Å². The first-order valence-corrected chi connectivity index (χ1v) is 9.52. The SMILES string of the molecule is CC(OC(=O)C1CCOCC1)OC(=O)N(C)C(C)C(=O)c1ccc2c(c1)OCO2. The Morgan fingerprint density at radius 2 is 1.76 bits per heavy atom. The molecule has 0 aliphatic carbocycles. The summed E-state index contributed by atoms with van der Waals surface area (Å²) in [6, 6.07) is 4.06. The third-order valence-electron chi connectivity index (χ3n) is 5.01. The van der Waals surface area contributed by atoms with E-state index in [1.165, 1.54) is 14.0 Å². The summed E-state index contributed by atoms with van der Waals surface area (Å²) >= 11 is 0. The van der Waals surface area contributed by atoms with Crippen molar-refractivity contribution >= 4 is 17.8 Å². The van der Waals surface area contributed by atoms with Crippen molar-refractivity contribution in [3.8, 4) is 11.5 Å². The molecule has 0 radical (unpaired) electrons. The van der Waals surface area contributed by atoms with E-state index in [2.05, 4.69) is 0 Å². The van der Waals surface area contributed by atoms with Crippen molar-refractivity contribution in [3.63, 3.8) is 0 Å². The number of Topliss-reactive ketones (excluding diaryl/α,β-unsaturated/α-hetero) is 1. The molecule has 1 aromatic rings. The fourth-order valence-electron chi connectivity index (χ4n) is 3.07. The van der Waals surface area contributed by atoms with Crippen molar-refractivity contribution < 1.29 is 38.1 Å². The van der Waals surface area contributed by atoms with Gasteiger partial charge in [0.1, 0.15) is 0 Å². The Morgan fingerprint density at radius 1 is 1.07 bits per heavy atom. The lowest BCUT2D eigenvalue weighted by Gasteiger charge is -2.26. The van der Waals surface area contributed by atoms with Crippen molar-refractivity contribution in [2.24, 2.45) is 5.92 Å². The van der Waals surface area contributed by atoms with Crippen LogP contribution >= 0.6 is 0 Å². The quantitative estimate of drug-likeness (QED) is 0.402. The Balaban J connectivity index is 1.53. The molecule has 0 saturated carbocycles. The summed E-state index contributed by atoms with van der Waals surface area (Å²) < 4.78 is 26.1. The molecule has 1 amide bonds. The number of benzene rings is 1.